The highest BCUT2D eigenvalue weighted by molar-refractivity contribution is 6.39. The van der Waals surface area contributed by atoms with Crippen LogP contribution in [-0.2, 0) is 9.59 Å². The summed E-state index contributed by atoms with van der Waals surface area (Å²) in [6.45, 7) is 0.0533. The number of hydrogen-bond donors (Lipinski definition) is 1. The topological polar surface area (TPSA) is 75.7 Å². The molecule has 1 heterocycles. The molecule has 0 spiro atoms. The highest BCUT2D eigenvalue weighted by atomic mass is 35.5. The molecule has 0 saturated carbocycles. The third-order valence-corrected chi connectivity index (χ3v) is 4.28. The first kappa shape index (κ1) is 19.5. The third kappa shape index (κ3) is 4.01. The minimum absolute atomic E-state index is 0.0533. The predicted octanol–water partition coefficient (Wildman–Crippen LogP) is 3.67. The first-order valence-corrected chi connectivity index (χ1v) is 8.69. The molecule has 140 valence electrons. The maximum atomic E-state index is 12.8. The van der Waals surface area contributed by atoms with Crippen molar-refractivity contribution in [3.63, 3.8) is 0 Å². The molecule has 0 aliphatic carbocycles. The second kappa shape index (κ2) is 8.17. The van der Waals surface area contributed by atoms with E-state index in [9.17, 15) is 14.4 Å². The van der Waals surface area contributed by atoms with Crippen LogP contribution in [0, 0.1) is 12.3 Å². The average Bonchev–Trinajstić information content (AvgIpc) is 2.64. The van der Waals surface area contributed by atoms with E-state index in [1.165, 1.54) is 24.3 Å². The van der Waals surface area contributed by atoms with Crippen LogP contribution >= 0.6 is 23.2 Å². The number of rotatable bonds is 4. The summed E-state index contributed by atoms with van der Waals surface area (Å²) in [5.41, 5.74) is 0.481. The third-order valence-electron chi connectivity index (χ3n) is 3.75. The van der Waals surface area contributed by atoms with Gasteiger partial charge in [0.1, 0.15) is 17.9 Å². The van der Waals surface area contributed by atoms with Crippen molar-refractivity contribution in [1.82, 2.24) is 5.32 Å². The van der Waals surface area contributed by atoms with Gasteiger partial charge in [0.15, 0.2) is 0 Å². The van der Waals surface area contributed by atoms with Crippen LogP contribution in [0.2, 0.25) is 10.0 Å². The molecule has 1 fully saturated rings. The summed E-state index contributed by atoms with van der Waals surface area (Å²) < 4.78 is 5.27. The van der Waals surface area contributed by atoms with Crippen LogP contribution in [0.25, 0.3) is 6.08 Å². The van der Waals surface area contributed by atoms with Crippen LogP contribution in [0.3, 0.4) is 0 Å². The van der Waals surface area contributed by atoms with E-state index in [4.69, 9.17) is 34.4 Å². The molecule has 0 radical (unpaired) electrons. The molecule has 4 amide bonds. The number of amides is 4. The highest BCUT2D eigenvalue weighted by Gasteiger charge is 2.36. The number of benzene rings is 2. The number of anilines is 1. The Balaban J connectivity index is 1.95. The summed E-state index contributed by atoms with van der Waals surface area (Å²) in [5.74, 6) is 1.11. The van der Waals surface area contributed by atoms with Gasteiger partial charge >= 0.3 is 6.03 Å². The monoisotopic (exact) mass is 414 g/mol. The molecule has 2 aromatic rings. The fraction of sp³-hybridized carbons (Fsp3) is 0.0500. The molecule has 0 atom stereocenters. The van der Waals surface area contributed by atoms with Crippen LogP contribution in [0.5, 0.6) is 5.75 Å². The van der Waals surface area contributed by atoms with Crippen molar-refractivity contribution in [2.75, 3.05) is 11.5 Å². The zero-order chi connectivity index (χ0) is 20.3. The molecule has 28 heavy (non-hydrogen) atoms. The Morgan fingerprint density at radius 2 is 1.93 bits per heavy atom. The molecule has 1 N–H and O–H groups in total. The largest absolute Gasteiger partial charge is 0.479 e. The van der Waals surface area contributed by atoms with Crippen molar-refractivity contribution in [3.8, 4) is 18.1 Å². The maximum absolute atomic E-state index is 12.8. The van der Waals surface area contributed by atoms with Gasteiger partial charge in [0.2, 0.25) is 0 Å². The molecule has 1 saturated heterocycles. The number of imide groups is 2. The number of barbiturate groups is 1. The molecule has 1 aliphatic heterocycles. The van der Waals surface area contributed by atoms with Crippen molar-refractivity contribution in [2.45, 2.75) is 0 Å². The summed E-state index contributed by atoms with van der Waals surface area (Å²) in [6, 6.07) is 10.00. The van der Waals surface area contributed by atoms with Crippen molar-refractivity contribution in [2.24, 2.45) is 0 Å². The van der Waals surface area contributed by atoms with E-state index in [0.29, 0.717) is 16.3 Å². The van der Waals surface area contributed by atoms with Gasteiger partial charge in [-0.2, -0.15) is 0 Å². The van der Waals surface area contributed by atoms with E-state index in [-0.39, 0.29) is 22.9 Å². The van der Waals surface area contributed by atoms with Crippen molar-refractivity contribution < 1.29 is 19.1 Å². The smallest absolute Gasteiger partial charge is 0.335 e. The van der Waals surface area contributed by atoms with E-state index in [1.807, 2.05) is 0 Å². The quantitative estimate of drug-likeness (QED) is 0.470. The summed E-state index contributed by atoms with van der Waals surface area (Å²) in [7, 11) is 0. The van der Waals surface area contributed by atoms with Crippen LogP contribution in [0.15, 0.2) is 48.0 Å². The molecular weight excluding hydrogens is 403 g/mol. The lowest BCUT2D eigenvalue weighted by Gasteiger charge is -2.26. The van der Waals surface area contributed by atoms with E-state index in [1.54, 1.807) is 24.3 Å². The van der Waals surface area contributed by atoms with Gasteiger partial charge < -0.3 is 4.74 Å². The van der Waals surface area contributed by atoms with Crippen LogP contribution < -0.4 is 15.0 Å². The summed E-state index contributed by atoms with van der Waals surface area (Å²) in [4.78, 5) is 38.0. The Bertz CT molecular complexity index is 1060. The number of ether oxygens (including phenoxy) is 1. The van der Waals surface area contributed by atoms with Gasteiger partial charge in [-0.25, -0.2) is 9.69 Å². The standard InChI is InChI=1S/C20H12Cl2N2O4/c1-2-8-28-17-7-6-12(10-16(17)22)9-15-18(25)23-20(27)24(19(15)26)14-5-3-4-13(21)11-14/h1,3-7,9-11H,8H2,(H,23,25,27)/b15-9+. The molecule has 8 heteroatoms. The van der Waals surface area contributed by atoms with Crippen molar-refractivity contribution in [3.05, 3.63) is 63.6 Å². The van der Waals surface area contributed by atoms with E-state index in [2.05, 4.69) is 11.2 Å². The second-order valence-corrected chi connectivity index (χ2v) is 6.46. The Morgan fingerprint density at radius 3 is 2.61 bits per heavy atom. The van der Waals surface area contributed by atoms with Gasteiger partial charge in [-0.1, -0.05) is 41.3 Å². The van der Waals surface area contributed by atoms with Gasteiger partial charge in [-0.05, 0) is 42.0 Å². The fourth-order valence-corrected chi connectivity index (χ4v) is 2.95. The number of carbonyl (C=O) groups is 3. The molecule has 0 bridgehead atoms. The average molecular weight is 415 g/mol. The first-order valence-electron chi connectivity index (χ1n) is 7.93. The van der Waals surface area contributed by atoms with Crippen LogP contribution in [-0.4, -0.2) is 24.5 Å². The molecule has 0 aromatic heterocycles. The molecule has 2 aromatic carbocycles. The van der Waals surface area contributed by atoms with Gasteiger partial charge in [0.25, 0.3) is 11.8 Å². The van der Waals surface area contributed by atoms with Crippen LogP contribution in [0.4, 0.5) is 10.5 Å². The molecule has 3 rings (SSSR count). The summed E-state index contributed by atoms with van der Waals surface area (Å²) in [5, 5.41) is 2.74. The molecular formula is C20H12Cl2N2O4. The van der Waals surface area contributed by atoms with Crippen molar-refractivity contribution in [1.29, 1.82) is 0 Å². The summed E-state index contributed by atoms with van der Waals surface area (Å²) >= 11 is 12.1. The number of nitrogens with one attached hydrogen (secondary N) is 1. The lowest BCUT2D eigenvalue weighted by Crippen LogP contribution is -2.54. The Morgan fingerprint density at radius 1 is 1.14 bits per heavy atom. The highest BCUT2D eigenvalue weighted by Crippen LogP contribution is 2.28. The maximum Gasteiger partial charge on any atom is 0.335 e. The normalized spacial score (nSPS) is 15.4. The summed E-state index contributed by atoms with van der Waals surface area (Å²) in [6.07, 6.45) is 6.47. The van der Waals surface area contributed by atoms with Gasteiger partial charge in [0, 0.05) is 5.02 Å². The van der Waals surface area contributed by atoms with Crippen LogP contribution in [0.1, 0.15) is 5.56 Å². The zero-order valence-electron chi connectivity index (χ0n) is 14.2. The number of carbonyl (C=O) groups excluding carboxylic acids is 3. The van der Waals surface area contributed by atoms with Gasteiger partial charge in [-0.15, -0.1) is 6.42 Å². The minimum Gasteiger partial charge on any atom is -0.479 e. The number of hydrogen-bond acceptors (Lipinski definition) is 4. The van der Waals surface area contributed by atoms with E-state index >= 15 is 0 Å². The van der Waals surface area contributed by atoms with Crippen molar-refractivity contribution >= 4 is 52.8 Å². The van der Waals surface area contributed by atoms with Gasteiger partial charge in [-0.3, -0.25) is 14.9 Å². The van der Waals surface area contributed by atoms with Gasteiger partial charge in [0.05, 0.1) is 10.7 Å². The Labute approximate surface area is 170 Å². The lowest BCUT2D eigenvalue weighted by atomic mass is 10.1. The minimum atomic E-state index is -0.856. The molecule has 1 aliphatic rings. The SMILES string of the molecule is C#CCOc1ccc(/C=C2\C(=O)NC(=O)N(c3cccc(Cl)c3)C2=O)cc1Cl. The van der Waals surface area contributed by atoms with E-state index < -0.39 is 17.8 Å². The number of halogens is 2. The predicted molar refractivity (Wildman–Crippen MR) is 106 cm³/mol. The first-order chi connectivity index (χ1) is 13.4. The van der Waals surface area contributed by atoms with E-state index in [0.717, 1.165) is 4.90 Å². The molecule has 6 nitrogen and oxygen atoms in total. The number of urea groups is 1. The Kier molecular flexibility index (Phi) is 5.69. The second-order valence-electron chi connectivity index (χ2n) is 5.62. The number of terminal acetylenes is 1. The lowest BCUT2D eigenvalue weighted by molar-refractivity contribution is -0.122. The Hall–Kier alpha value is -3.27. The zero-order valence-corrected chi connectivity index (χ0v) is 15.8. The number of nitrogens with zero attached hydrogens (tertiary/aromatic N) is 1. The fourth-order valence-electron chi connectivity index (χ4n) is 2.52. The molecule has 0 unspecified atom stereocenters.